The molecule has 0 spiro atoms. The van der Waals surface area contributed by atoms with E-state index in [1.807, 2.05) is 0 Å². The molecule has 1 atom stereocenters. The van der Waals surface area contributed by atoms with Crippen molar-refractivity contribution in [2.45, 2.75) is 46.1 Å². The average Bonchev–Trinajstić information content (AvgIpc) is 2.88. The summed E-state index contributed by atoms with van der Waals surface area (Å²) in [5.74, 6) is 0.954. The number of hydrogen-bond donors (Lipinski definition) is 2. The number of likely N-dealkylation sites (tertiary alicyclic amines) is 1. The second kappa shape index (κ2) is 12.4. The molecule has 5 heteroatoms. The standard InChI is InChI=1S/C15H30N4.HI/c1-4-7-8-11-17-15(16-5-2)18-13-14-10-9-12-19(14)6-3;/h4,7,14H,5-6,8-13H2,1-3H3,(H2,16,17,18);1H. The summed E-state index contributed by atoms with van der Waals surface area (Å²) in [6.07, 6.45) is 7.91. The lowest BCUT2D eigenvalue weighted by atomic mass is 10.2. The molecule has 0 aromatic rings. The Morgan fingerprint density at radius 1 is 1.35 bits per heavy atom. The van der Waals surface area contributed by atoms with Gasteiger partial charge in [0.15, 0.2) is 5.96 Å². The lowest BCUT2D eigenvalue weighted by molar-refractivity contribution is 0.273. The van der Waals surface area contributed by atoms with Crippen LogP contribution in [0.1, 0.15) is 40.0 Å². The molecule has 1 rings (SSSR count). The van der Waals surface area contributed by atoms with Crippen molar-refractivity contribution in [3.8, 4) is 0 Å². The normalized spacial score (nSPS) is 20.1. The molecule has 1 aliphatic heterocycles. The van der Waals surface area contributed by atoms with E-state index in [0.717, 1.165) is 38.6 Å². The van der Waals surface area contributed by atoms with Crippen LogP contribution in [-0.4, -0.2) is 49.6 Å². The number of hydrogen-bond acceptors (Lipinski definition) is 2. The summed E-state index contributed by atoms with van der Waals surface area (Å²) < 4.78 is 0. The maximum atomic E-state index is 4.72. The largest absolute Gasteiger partial charge is 0.357 e. The van der Waals surface area contributed by atoms with Crippen molar-refractivity contribution < 1.29 is 0 Å². The van der Waals surface area contributed by atoms with E-state index in [4.69, 9.17) is 4.99 Å². The summed E-state index contributed by atoms with van der Waals surface area (Å²) >= 11 is 0. The van der Waals surface area contributed by atoms with Crippen LogP contribution in [0, 0.1) is 0 Å². The third-order valence-corrected chi connectivity index (χ3v) is 3.55. The Hall–Kier alpha value is -0.300. The van der Waals surface area contributed by atoms with Crippen molar-refractivity contribution in [1.29, 1.82) is 0 Å². The van der Waals surface area contributed by atoms with E-state index in [1.54, 1.807) is 0 Å². The van der Waals surface area contributed by atoms with Gasteiger partial charge in [-0.15, -0.1) is 24.0 Å². The van der Waals surface area contributed by atoms with Gasteiger partial charge in [-0.3, -0.25) is 9.89 Å². The van der Waals surface area contributed by atoms with Crippen LogP contribution in [-0.2, 0) is 0 Å². The molecule has 0 radical (unpaired) electrons. The number of nitrogens with zero attached hydrogens (tertiary/aromatic N) is 2. The fourth-order valence-electron chi connectivity index (χ4n) is 2.50. The van der Waals surface area contributed by atoms with E-state index in [1.165, 1.54) is 19.4 Å². The first-order valence-electron chi connectivity index (χ1n) is 7.69. The molecule has 1 fully saturated rings. The molecule has 2 N–H and O–H groups in total. The Kier molecular flexibility index (Phi) is 12.3. The van der Waals surface area contributed by atoms with Crippen molar-refractivity contribution in [1.82, 2.24) is 15.5 Å². The second-order valence-electron chi connectivity index (χ2n) is 4.93. The summed E-state index contributed by atoms with van der Waals surface area (Å²) in [5.41, 5.74) is 0. The summed E-state index contributed by atoms with van der Waals surface area (Å²) in [4.78, 5) is 7.25. The van der Waals surface area contributed by atoms with Gasteiger partial charge in [0.05, 0.1) is 6.54 Å². The second-order valence-corrected chi connectivity index (χ2v) is 4.93. The van der Waals surface area contributed by atoms with Gasteiger partial charge in [-0.25, -0.2) is 0 Å². The third kappa shape index (κ3) is 7.47. The molecular weight excluding hydrogens is 363 g/mol. The first-order valence-corrected chi connectivity index (χ1v) is 7.69. The van der Waals surface area contributed by atoms with Crippen molar-refractivity contribution in [3.63, 3.8) is 0 Å². The highest BCUT2D eigenvalue weighted by molar-refractivity contribution is 14.0. The molecule has 118 valence electrons. The maximum absolute atomic E-state index is 4.72. The minimum Gasteiger partial charge on any atom is -0.357 e. The molecule has 0 bridgehead atoms. The predicted molar refractivity (Wildman–Crippen MR) is 99.1 cm³/mol. The minimum atomic E-state index is 0. The highest BCUT2D eigenvalue weighted by Gasteiger charge is 2.22. The number of rotatable bonds is 7. The first-order chi connectivity index (χ1) is 9.31. The van der Waals surface area contributed by atoms with Crippen LogP contribution in [0.2, 0.25) is 0 Å². The summed E-state index contributed by atoms with van der Waals surface area (Å²) in [7, 11) is 0. The molecule has 20 heavy (non-hydrogen) atoms. The van der Waals surface area contributed by atoms with E-state index >= 15 is 0 Å². The fourth-order valence-corrected chi connectivity index (χ4v) is 2.50. The Morgan fingerprint density at radius 2 is 2.15 bits per heavy atom. The fraction of sp³-hybridized carbons (Fsp3) is 0.800. The Bertz CT molecular complexity index is 292. The molecule has 0 aliphatic carbocycles. The Morgan fingerprint density at radius 3 is 2.80 bits per heavy atom. The number of allylic oxidation sites excluding steroid dienone is 1. The van der Waals surface area contributed by atoms with Crippen LogP contribution in [0.5, 0.6) is 0 Å². The van der Waals surface area contributed by atoms with Crippen molar-refractivity contribution in [3.05, 3.63) is 12.2 Å². The van der Waals surface area contributed by atoms with Gasteiger partial charge in [-0.05, 0) is 46.2 Å². The van der Waals surface area contributed by atoms with Gasteiger partial charge in [0.2, 0.25) is 0 Å². The van der Waals surface area contributed by atoms with E-state index in [0.29, 0.717) is 6.04 Å². The SMILES string of the molecule is CC=CCCNC(=NCC1CCCN1CC)NCC.I. The highest BCUT2D eigenvalue weighted by atomic mass is 127. The minimum absolute atomic E-state index is 0. The van der Waals surface area contributed by atoms with Gasteiger partial charge in [0.1, 0.15) is 0 Å². The quantitative estimate of drug-likeness (QED) is 0.229. The molecule has 0 aromatic heterocycles. The summed E-state index contributed by atoms with van der Waals surface area (Å²) in [6, 6.07) is 0.635. The molecule has 4 nitrogen and oxygen atoms in total. The number of likely N-dealkylation sites (N-methyl/N-ethyl adjacent to an activating group) is 1. The third-order valence-electron chi connectivity index (χ3n) is 3.55. The van der Waals surface area contributed by atoms with Crippen molar-refractivity contribution in [2.75, 3.05) is 32.7 Å². The van der Waals surface area contributed by atoms with Crippen LogP contribution >= 0.6 is 24.0 Å². The molecule has 1 unspecified atom stereocenters. The molecular formula is C15H31IN4. The molecule has 0 aromatic carbocycles. The van der Waals surface area contributed by atoms with E-state index < -0.39 is 0 Å². The first kappa shape index (κ1) is 19.7. The van der Waals surface area contributed by atoms with Crippen molar-refractivity contribution >= 4 is 29.9 Å². The van der Waals surface area contributed by atoms with Gasteiger partial charge < -0.3 is 10.6 Å². The van der Waals surface area contributed by atoms with Crippen LogP contribution in [0.3, 0.4) is 0 Å². The molecule has 0 amide bonds. The van der Waals surface area contributed by atoms with Gasteiger partial charge in [-0.2, -0.15) is 0 Å². The maximum Gasteiger partial charge on any atom is 0.191 e. The number of halogens is 1. The molecule has 1 saturated heterocycles. The van der Waals surface area contributed by atoms with Gasteiger partial charge in [0.25, 0.3) is 0 Å². The lowest BCUT2D eigenvalue weighted by Gasteiger charge is -2.21. The van der Waals surface area contributed by atoms with Gasteiger partial charge in [-0.1, -0.05) is 19.1 Å². The van der Waals surface area contributed by atoms with E-state index in [-0.39, 0.29) is 24.0 Å². The molecule has 1 aliphatic rings. The van der Waals surface area contributed by atoms with Crippen LogP contribution in [0.4, 0.5) is 0 Å². The lowest BCUT2D eigenvalue weighted by Crippen LogP contribution is -2.39. The number of aliphatic imine (C=N–C) groups is 1. The molecule has 0 saturated carbocycles. The Balaban J connectivity index is 0.00000361. The number of nitrogens with one attached hydrogen (secondary N) is 2. The van der Waals surface area contributed by atoms with Crippen LogP contribution in [0.25, 0.3) is 0 Å². The predicted octanol–water partition coefficient (Wildman–Crippen LogP) is 2.61. The zero-order chi connectivity index (χ0) is 13.9. The monoisotopic (exact) mass is 394 g/mol. The zero-order valence-electron chi connectivity index (χ0n) is 13.2. The topological polar surface area (TPSA) is 39.7 Å². The summed E-state index contributed by atoms with van der Waals surface area (Å²) in [5, 5.41) is 6.69. The van der Waals surface area contributed by atoms with Gasteiger partial charge >= 0.3 is 0 Å². The Labute approximate surface area is 141 Å². The van der Waals surface area contributed by atoms with E-state index in [2.05, 4.69) is 48.5 Å². The van der Waals surface area contributed by atoms with Gasteiger partial charge in [0, 0.05) is 19.1 Å². The zero-order valence-corrected chi connectivity index (χ0v) is 15.5. The molecule has 1 heterocycles. The number of guanidine groups is 1. The van der Waals surface area contributed by atoms with E-state index in [9.17, 15) is 0 Å². The van der Waals surface area contributed by atoms with Crippen LogP contribution < -0.4 is 10.6 Å². The highest BCUT2D eigenvalue weighted by Crippen LogP contribution is 2.16. The van der Waals surface area contributed by atoms with Crippen LogP contribution in [0.15, 0.2) is 17.1 Å². The smallest absolute Gasteiger partial charge is 0.191 e. The summed E-state index contributed by atoms with van der Waals surface area (Å²) in [6.45, 7) is 11.6. The van der Waals surface area contributed by atoms with Crippen molar-refractivity contribution in [2.24, 2.45) is 4.99 Å². The average molecular weight is 394 g/mol.